The minimum atomic E-state index is 0.130. The first-order valence-electron chi connectivity index (χ1n) is 6.47. The van der Waals surface area contributed by atoms with E-state index >= 15 is 0 Å². The van der Waals surface area contributed by atoms with Crippen LogP contribution in [0.5, 0.6) is 11.5 Å². The van der Waals surface area contributed by atoms with Crippen molar-refractivity contribution >= 4 is 15.9 Å². The third-order valence-corrected chi connectivity index (χ3v) is 4.34. The highest BCUT2D eigenvalue weighted by Crippen LogP contribution is 2.48. The largest absolute Gasteiger partial charge is 0.503 e. The van der Waals surface area contributed by atoms with Gasteiger partial charge in [-0.05, 0) is 58.3 Å². The SMILES string of the molecule is COc1cc(CNCC2(CCO)CC2)cc(Br)c1O. The smallest absolute Gasteiger partial charge is 0.172 e. The molecule has 19 heavy (non-hydrogen) atoms. The third kappa shape index (κ3) is 3.61. The van der Waals surface area contributed by atoms with Crippen LogP contribution in [-0.4, -0.2) is 30.5 Å². The summed E-state index contributed by atoms with van der Waals surface area (Å²) in [4.78, 5) is 0. The Hall–Kier alpha value is -0.780. The van der Waals surface area contributed by atoms with Gasteiger partial charge in [-0.1, -0.05) is 0 Å². The van der Waals surface area contributed by atoms with E-state index in [0.717, 1.165) is 25.1 Å². The van der Waals surface area contributed by atoms with Crippen LogP contribution in [0.15, 0.2) is 16.6 Å². The number of nitrogens with one attached hydrogen (secondary N) is 1. The van der Waals surface area contributed by atoms with Crippen LogP contribution in [0.3, 0.4) is 0 Å². The number of hydrogen-bond acceptors (Lipinski definition) is 4. The molecule has 0 amide bonds. The van der Waals surface area contributed by atoms with Crippen LogP contribution in [-0.2, 0) is 6.54 Å². The summed E-state index contributed by atoms with van der Waals surface area (Å²) < 4.78 is 5.76. The Morgan fingerprint density at radius 3 is 2.74 bits per heavy atom. The average molecular weight is 330 g/mol. The summed E-state index contributed by atoms with van der Waals surface area (Å²) >= 11 is 3.32. The van der Waals surface area contributed by atoms with Gasteiger partial charge in [0.25, 0.3) is 0 Å². The Bertz CT molecular complexity index is 447. The van der Waals surface area contributed by atoms with Gasteiger partial charge in [-0.25, -0.2) is 0 Å². The molecule has 0 heterocycles. The number of aliphatic hydroxyl groups excluding tert-OH is 1. The number of phenolic OH excluding ortho intramolecular Hbond substituents is 1. The van der Waals surface area contributed by atoms with E-state index in [-0.39, 0.29) is 12.4 Å². The summed E-state index contributed by atoms with van der Waals surface area (Å²) in [5.41, 5.74) is 1.37. The van der Waals surface area contributed by atoms with E-state index in [9.17, 15) is 5.11 Å². The highest BCUT2D eigenvalue weighted by molar-refractivity contribution is 9.10. The molecule has 0 radical (unpaired) electrons. The molecule has 0 bridgehead atoms. The van der Waals surface area contributed by atoms with Crippen LogP contribution < -0.4 is 10.1 Å². The summed E-state index contributed by atoms with van der Waals surface area (Å²) in [7, 11) is 1.54. The van der Waals surface area contributed by atoms with Crippen LogP contribution in [0.2, 0.25) is 0 Å². The fourth-order valence-electron chi connectivity index (χ4n) is 2.29. The number of methoxy groups -OCH3 is 1. The molecule has 0 unspecified atom stereocenters. The van der Waals surface area contributed by atoms with Crippen molar-refractivity contribution in [2.75, 3.05) is 20.3 Å². The van der Waals surface area contributed by atoms with Crippen molar-refractivity contribution in [3.8, 4) is 11.5 Å². The lowest BCUT2D eigenvalue weighted by Crippen LogP contribution is -2.24. The van der Waals surface area contributed by atoms with Gasteiger partial charge < -0.3 is 20.3 Å². The molecule has 0 atom stereocenters. The van der Waals surface area contributed by atoms with Gasteiger partial charge in [0.15, 0.2) is 11.5 Å². The lowest BCUT2D eigenvalue weighted by atomic mass is 10.0. The van der Waals surface area contributed by atoms with Gasteiger partial charge in [0.1, 0.15) is 0 Å². The van der Waals surface area contributed by atoms with Crippen molar-refractivity contribution in [3.63, 3.8) is 0 Å². The molecule has 106 valence electrons. The van der Waals surface area contributed by atoms with Crippen molar-refractivity contribution in [2.24, 2.45) is 5.41 Å². The standard InChI is InChI=1S/C14H20BrNO3/c1-19-12-7-10(6-11(15)13(12)18)8-16-9-14(2-3-14)4-5-17/h6-7,16-18H,2-5,8-9H2,1H3. The summed E-state index contributed by atoms with van der Waals surface area (Å²) in [5, 5.41) is 22.2. The van der Waals surface area contributed by atoms with Crippen molar-refractivity contribution in [1.29, 1.82) is 0 Å². The van der Waals surface area contributed by atoms with Crippen LogP contribution >= 0.6 is 15.9 Å². The Morgan fingerprint density at radius 1 is 1.42 bits per heavy atom. The number of ether oxygens (including phenoxy) is 1. The van der Waals surface area contributed by atoms with E-state index < -0.39 is 0 Å². The molecule has 5 heteroatoms. The summed E-state index contributed by atoms with van der Waals surface area (Å²) in [6, 6.07) is 3.72. The molecule has 0 spiro atoms. The van der Waals surface area contributed by atoms with Gasteiger partial charge in [0.2, 0.25) is 0 Å². The number of aliphatic hydroxyl groups is 1. The molecular weight excluding hydrogens is 310 g/mol. The fourth-order valence-corrected chi connectivity index (χ4v) is 2.78. The highest BCUT2D eigenvalue weighted by Gasteiger charge is 2.41. The van der Waals surface area contributed by atoms with Crippen LogP contribution in [0.4, 0.5) is 0 Å². The predicted octanol–water partition coefficient (Wildman–Crippen LogP) is 2.42. The maximum atomic E-state index is 9.74. The molecule has 1 saturated carbocycles. The van der Waals surface area contributed by atoms with Gasteiger partial charge in [0, 0.05) is 19.7 Å². The quantitative estimate of drug-likeness (QED) is 0.719. The Morgan fingerprint density at radius 2 is 2.16 bits per heavy atom. The third-order valence-electron chi connectivity index (χ3n) is 3.74. The van der Waals surface area contributed by atoms with Crippen LogP contribution in [0.25, 0.3) is 0 Å². The van der Waals surface area contributed by atoms with Gasteiger partial charge in [-0.3, -0.25) is 0 Å². The van der Waals surface area contributed by atoms with Crippen molar-refractivity contribution in [2.45, 2.75) is 25.8 Å². The van der Waals surface area contributed by atoms with E-state index in [2.05, 4.69) is 21.2 Å². The average Bonchev–Trinajstić information content (AvgIpc) is 3.14. The topological polar surface area (TPSA) is 61.7 Å². The molecule has 1 aliphatic carbocycles. The summed E-state index contributed by atoms with van der Waals surface area (Å²) in [5.74, 6) is 0.605. The first-order chi connectivity index (χ1) is 9.10. The number of halogens is 1. The number of hydrogen-bond donors (Lipinski definition) is 3. The Balaban J connectivity index is 1.91. The van der Waals surface area contributed by atoms with E-state index in [1.54, 1.807) is 7.11 Å². The van der Waals surface area contributed by atoms with Gasteiger partial charge in [-0.2, -0.15) is 0 Å². The fraction of sp³-hybridized carbons (Fsp3) is 0.571. The monoisotopic (exact) mass is 329 g/mol. The Kier molecular flexibility index (Phi) is 4.71. The predicted molar refractivity (Wildman–Crippen MR) is 77.4 cm³/mol. The van der Waals surface area contributed by atoms with Gasteiger partial charge in [-0.15, -0.1) is 0 Å². The number of aromatic hydroxyl groups is 1. The van der Waals surface area contributed by atoms with E-state index in [0.29, 0.717) is 15.6 Å². The zero-order valence-electron chi connectivity index (χ0n) is 11.1. The maximum absolute atomic E-state index is 9.74. The minimum Gasteiger partial charge on any atom is -0.503 e. The number of benzene rings is 1. The number of rotatable bonds is 7. The molecule has 1 fully saturated rings. The highest BCUT2D eigenvalue weighted by atomic mass is 79.9. The van der Waals surface area contributed by atoms with Gasteiger partial charge >= 0.3 is 0 Å². The Labute approximate surface area is 121 Å². The molecule has 0 saturated heterocycles. The van der Waals surface area contributed by atoms with E-state index in [4.69, 9.17) is 9.84 Å². The molecule has 1 aliphatic rings. The lowest BCUT2D eigenvalue weighted by Gasteiger charge is -2.15. The van der Waals surface area contributed by atoms with E-state index in [1.165, 1.54) is 12.8 Å². The lowest BCUT2D eigenvalue weighted by molar-refractivity contribution is 0.245. The summed E-state index contributed by atoms with van der Waals surface area (Å²) in [6.45, 7) is 1.91. The molecule has 2 rings (SSSR count). The molecule has 1 aromatic carbocycles. The second-order valence-corrected chi connectivity index (χ2v) is 6.06. The molecule has 4 nitrogen and oxygen atoms in total. The van der Waals surface area contributed by atoms with Crippen molar-refractivity contribution in [3.05, 3.63) is 22.2 Å². The zero-order chi connectivity index (χ0) is 13.9. The first-order valence-corrected chi connectivity index (χ1v) is 7.26. The van der Waals surface area contributed by atoms with Crippen molar-refractivity contribution < 1.29 is 14.9 Å². The van der Waals surface area contributed by atoms with Crippen LogP contribution in [0, 0.1) is 5.41 Å². The molecular formula is C14H20BrNO3. The zero-order valence-corrected chi connectivity index (χ0v) is 12.7. The molecule has 1 aromatic rings. The molecule has 3 N–H and O–H groups in total. The maximum Gasteiger partial charge on any atom is 0.172 e. The van der Waals surface area contributed by atoms with Gasteiger partial charge in [0.05, 0.1) is 11.6 Å². The second-order valence-electron chi connectivity index (χ2n) is 5.21. The molecule has 0 aliphatic heterocycles. The molecule has 0 aromatic heterocycles. The normalized spacial score (nSPS) is 16.4. The van der Waals surface area contributed by atoms with Crippen molar-refractivity contribution in [1.82, 2.24) is 5.32 Å². The van der Waals surface area contributed by atoms with Crippen LogP contribution in [0.1, 0.15) is 24.8 Å². The van der Waals surface area contributed by atoms with E-state index in [1.807, 2.05) is 12.1 Å². The number of phenols is 1. The first kappa shape index (κ1) is 14.6. The summed E-state index contributed by atoms with van der Waals surface area (Å²) in [6.07, 6.45) is 3.27. The second kappa shape index (κ2) is 6.11. The minimum absolute atomic E-state index is 0.130.